The molecule has 0 aromatic carbocycles. The van der Waals surface area contributed by atoms with Crippen molar-refractivity contribution < 1.29 is 9.90 Å². The Balaban J connectivity index is 2.52. The number of hydrogen-bond acceptors (Lipinski definition) is 3. The average molecular weight is 228 g/mol. The smallest absolute Gasteiger partial charge is 0.227 e. The quantitative estimate of drug-likeness (QED) is 0.646. The number of nitrogens with two attached hydrogens (primary N) is 1. The van der Waals surface area contributed by atoms with Crippen molar-refractivity contribution in [2.75, 3.05) is 13.2 Å². The molecule has 4 N–H and O–H groups in total. The van der Waals surface area contributed by atoms with Gasteiger partial charge in [0.2, 0.25) is 5.91 Å². The molecule has 1 rings (SSSR count). The second-order valence-electron chi connectivity index (χ2n) is 6.19. The minimum absolute atomic E-state index is 0.0419. The number of amides is 1. The fourth-order valence-corrected chi connectivity index (χ4v) is 1.35. The Morgan fingerprint density at radius 1 is 1.38 bits per heavy atom. The zero-order valence-corrected chi connectivity index (χ0v) is 10.8. The third-order valence-corrected chi connectivity index (χ3v) is 4.09. The molecule has 16 heavy (non-hydrogen) atoms. The van der Waals surface area contributed by atoms with E-state index in [0.29, 0.717) is 6.54 Å². The van der Waals surface area contributed by atoms with Crippen LogP contribution in [0.5, 0.6) is 0 Å². The van der Waals surface area contributed by atoms with Gasteiger partial charge in [0.05, 0.1) is 12.0 Å². The number of aliphatic hydroxyl groups is 1. The molecule has 1 amide bonds. The van der Waals surface area contributed by atoms with E-state index in [1.54, 1.807) is 0 Å². The van der Waals surface area contributed by atoms with Crippen molar-refractivity contribution in [2.24, 2.45) is 16.6 Å². The Hall–Kier alpha value is -0.610. The van der Waals surface area contributed by atoms with Crippen LogP contribution in [-0.4, -0.2) is 29.7 Å². The summed E-state index contributed by atoms with van der Waals surface area (Å²) in [7, 11) is 0. The molecule has 0 unspecified atom stereocenters. The molecule has 0 aromatic rings. The first-order valence-electron chi connectivity index (χ1n) is 5.83. The fourth-order valence-electron chi connectivity index (χ4n) is 1.35. The van der Waals surface area contributed by atoms with Gasteiger partial charge in [-0.1, -0.05) is 0 Å². The summed E-state index contributed by atoms with van der Waals surface area (Å²) in [6, 6.07) is 0. The zero-order valence-electron chi connectivity index (χ0n) is 10.8. The number of rotatable bonds is 5. The Bertz CT molecular complexity index is 275. The van der Waals surface area contributed by atoms with E-state index in [2.05, 4.69) is 5.32 Å². The molecule has 4 nitrogen and oxygen atoms in total. The summed E-state index contributed by atoms with van der Waals surface area (Å²) in [5, 5.41) is 12.1. The Morgan fingerprint density at radius 2 is 1.88 bits per heavy atom. The maximum absolute atomic E-state index is 12.0. The maximum atomic E-state index is 12.0. The van der Waals surface area contributed by atoms with Crippen LogP contribution in [0.3, 0.4) is 0 Å². The number of hydrogen-bond donors (Lipinski definition) is 3. The molecule has 1 aliphatic carbocycles. The van der Waals surface area contributed by atoms with Crippen LogP contribution in [0.25, 0.3) is 0 Å². The maximum Gasteiger partial charge on any atom is 0.227 e. The minimum atomic E-state index is -0.613. The largest absolute Gasteiger partial charge is 0.396 e. The van der Waals surface area contributed by atoms with E-state index in [1.165, 1.54) is 0 Å². The number of carbonyl (C=O) groups excluding carboxylic acids is 1. The molecule has 0 aromatic heterocycles. The molecule has 94 valence electrons. The van der Waals surface area contributed by atoms with E-state index >= 15 is 0 Å². The Morgan fingerprint density at radius 3 is 2.19 bits per heavy atom. The van der Waals surface area contributed by atoms with E-state index in [0.717, 1.165) is 12.8 Å². The van der Waals surface area contributed by atoms with Crippen molar-refractivity contribution >= 4 is 5.91 Å². The summed E-state index contributed by atoms with van der Waals surface area (Å²) in [5.41, 5.74) is 4.77. The lowest BCUT2D eigenvalue weighted by atomic mass is 9.74. The van der Waals surface area contributed by atoms with Crippen molar-refractivity contribution in [3.05, 3.63) is 0 Å². The van der Waals surface area contributed by atoms with Crippen LogP contribution in [0.2, 0.25) is 0 Å². The highest BCUT2D eigenvalue weighted by molar-refractivity contribution is 5.83. The lowest BCUT2D eigenvalue weighted by molar-refractivity contribution is -0.132. The molecule has 0 atom stereocenters. The van der Waals surface area contributed by atoms with Crippen LogP contribution in [0.15, 0.2) is 0 Å². The number of aliphatic hydroxyl groups excluding tert-OH is 1. The molecule has 4 heteroatoms. The van der Waals surface area contributed by atoms with Crippen molar-refractivity contribution in [3.8, 4) is 0 Å². The average Bonchev–Trinajstić information content (AvgIpc) is 2.93. The lowest BCUT2D eigenvalue weighted by Crippen LogP contribution is -2.56. The predicted octanol–water partition coefficient (Wildman–Crippen LogP) is 0.639. The summed E-state index contributed by atoms with van der Waals surface area (Å²) >= 11 is 0. The van der Waals surface area contributed by atoms with Crippen molar-refractivity contribution in [1.29, 1.82) is 0 Å². The SMILES string of the molecule is CC(C)(N)C(C)(C)C(=O)NCC1(CO)CC1. The zero-order chi connectivity index (χ0) is 12.6. The van der Waals surface area contributed by atoms with Crippen LogP contribution in [0.1, 0.15) is 40.5 Å². The first kappa shape index (κ1) is 13.5. The van der Waals surface area contributed by atoms with Gasteiger partial charge in [0.15, 0.2) is 0 Å². The van der Waals surface area contributed by atoms with Gasteiger partial charge in [-0.3, -0.25) is 4.79 Å². The summed E-state index contributed by atoms with van der Waals surface area (Å²) in [6.07, 6.45) is 1.99. The summed E-state index contributed by atoms with van der Waals surface area (Å²) in [4.78, 5) is 12.0. The molecular weight excluding hydrogens is 204 g/mol. The standard InChI is InChI=1S/C12H24N2O2/c1-10(2,11(3,4)13)9(16)14-7-12(8-15)5-6-12/h15H,5-8,13H2,1-4H3,(H,14,16). The van der Waals surface area contributed by atoms with E-state index in [1.807, 2.05) is 27.7 Å². The molecule has 0 bridgehead atoms. The first-order chi connectivity index (χ1) is 7.15. The summed E-state index contributed by atoms with van der Waals surface area (Å²) in [5.74, 6) is -0.0419. The molecule has 0 aliphatic heterocycles. The van der Waals surface area contributed by atoms with Gasteiger partial charge in [-0.2, -0.15) is 0 Å². The summed E-state index contributed by atoms with van der Waals surface area (Å²) < 4.78 is 0. The van der Waals surface area contributed by atoms with Gasteiger partial charge in [-0.15, -0.1) is 0 Å². The van der Waals surface area contributed by atoms with Gasteiger partial charge in [0, 0.05) is 17.5 Å². The van der Waals surface area contributed by atoms with Crippen molar-refractivity contribution in [2.45, 2.75) is 46.1 Å². The predicted molar refractivity (Wildman–Crippen MR) is 63.8 cm³/mol. The van der Waals surface area contributed by atoms with Crippen LogP contribution in [0.4, 0.5) is 0 Å². The number of nitrogens with one attached hydrogen (secondary N) is 1. The highest BCUT2D eigenvalue weighted by atomic mass is 16.3. The highest BCUT2D eigenvalue weighted by Gasteiger charge is 2.45. The van der Waals surface area contributed by atoms with Gasteiger partial charge in [0.25, 0.3) is 0 Å². The molecule has 0 saturated heterocycles. The van der Waals surface area contributed by atoms with Gasteiger partial charge < -0.3 is 16.2 Å². The van der Waals surface area contributed by atoms with Crippen molar-refractivity contribution in [1.82, 2.24) is 5.32 Å². The van der Waals surface area contributed by atoms with Crippen molar-refractivity contribution in [3.63, 3.8) is 0 Å². The van der Waals surface area contributed by atoms with Gasteiger partial charge in [-0.25, -0.2) is 0 Å². The molecule has 0 radical (unpaired) electrons. The molecule has 1 fully saturated rings. The van der Waals surface area contributed by atoms with Gasteiger partial charge in [-0.05, 0) is 40.5 Å². The minimum Gasteiger partial charge on any atom is -0.396 e. The normalized spacial score (nSPS) is 19.4. The topological polar surface area (TPSA) is 75.4 Å². The van der Waals surface area contributed by atoms with E-state index in [4.69, 9.17) is 10.8 Å². The van der Waals surface area contributed by atoms with E-state index in [9.17, 15) is 4.79 Å². The lowest BCUT2D eigenvalue weighted by Gasteiger charge is -2.37. The highest BCUT2D eigenvalue weighted by Crippen LogP contribution is 2.44. The Kier molecular flexibility index (Phi) is 3.37. The van der Waals surface area contributed by atoms with E-state index in [-0.39, 0.29) is 17.9 Å². The van der Waals surface area contributed by atoms with Gasteiger partial charge in [0.1, 0.15) is 0 Å². The summed E-state index contributed by atoms with van der Waals surface area (Å²) in [6.45, 7) is 8.11. The molecule has 1 saturated carbocycles. The first-order valence-corrected chi connectivity index (χ1v) is 5.83. The van der Waals surface area contributed by atoms with Gasteiger partial charge >= 0.3 is 0 Å². The van der Waals surface area contributed by atoms with Crippen LogP contribution in [-0.2, 0) is 4.79 Å². The molecule has 1 aliphatic rings. The van der Waals surface area contributed by atoms with E-state index < -0.39 is 11.0 Å². The number of carbonyl (C=O) groups is 1. The van der Waals surface area contributed by atoms with Crippen LogP contribution in [0, 0.1) is 10.8 Å². The second-order valence-corrected chi connectivity index (χ2v) is 6.19. The second kappa shape index (κ2) is 4.00. The molecule has 0 spiro atoms. The van der Waals surface area contributed by atoms with Crippen LogP contribution < -0.4 is 11.1 Å². The monoisotopic (exact) mass is 228 g/mol. The Labute approximate surface area is 97.6 Å². The molecule has 0 heterocycles. The third-order valence-electron chi connectivity index (χ3n) is 4.09. The third kappa shape index (κ3) is 2.55. The fraction of sp³-hybridized carbons (Fsp3) is 0.917. The van der Waals surface area contributed by atoms with Crippen LogP contribution >= 0.6 is 0 Å². The molecular formula is C12H24N2O2.